The number of aromatic nitrogens is 2. The van der Waals surface area contributed by atoms with Crippen LogP contribution in [0.25, 0.3) is 0 Å². The number of nitrogens with two attached hydrogens (primary N) is 1. The minimum Gasteiger partial charge on any atom is -0.371 e. The van der Waals surface area contributed by atoms with E-state index < -0.39 is 29.4 Å². The number of ether oxygens (including phenoxy) is 1. The van der Waals surface area contributed by atoms with Crippen molar-refractivity contribution in [3.63, 3.8) is 0 Å². The van der Waals surface area contributed by atoms with Gasteiger partial charge in [-0.3, -0.25) is 5.10 Å². The molecular weight excluding hydrogens is 301 g/mol. The molecule has 0 unspecified atom stereocenters. The van der Waals surface area contributed by atoms with Crippen molar-refractivity contribution in [3.05, 3.63) is 11.3 Å². The highest BCUT2D eigenvalue weighted by atomic mass is 32.2. The fraction of sp³-hybridized carbons (Fsp3) is 0.667. The molecule has 0 aliphatic heterocycles. The lowest BCUT2D eigenvalue weighted by Crippen LogP contribution is -2.30. The second-order valence-corrected chi connectivity index (χ2v) is 5.58. The van der Waals surface area contributed by atoms with Gasteiger partial charge < -0.3 is 10.5 Å². The first kappa shape index (κ1) is 16.9. The van der Waals surface area contributed by atoms with Crippen LogP contribution >= 0.6 is 0 Å². The zero-order valence-electron chi connectivity index (χ0n) is 10.6. The Morgan fingerprint density at radius 1 is 1.45 bits per heavy atom. The van der Waals surface area contributed by atoms with Crippen LogP contribution in [-0.2, 0) is 21.3 Å². The number of aryl methyl sites for hydroxylation is 1. The largest absolute Gasteiger partial charge is 0.411 e. The Labute approximate surface area is 113 Å². The van der Waals surface area contributed by atoms with Crippen LogP contribution in [0, 0.1) is 6.92 Å². The van der Waals surface area contributed by atoms with Gasteiger partial charge in [-0.2, -0.15) is 18.3 Å². The Hall–Kier alpha value is -1.17. The normalized spacial score (nSPS) is 12.8. The number of nitrogens with zero attached hydrogens (tertiary/aromatic N) is 1. The molecule has 11 heteroatoms. The zero-order valence-corrected chi connectivity index (χ0v) is 11.4. The third-order valence-electron chi connectivity index (χ3n) is 2.30. The lowest BCUT2D eigenvalue weighted by atomic mass is 10.3. The van der Waals surface area contributed by atoms with Gasteiger partial charge in [-0.25, -0.2) is 13.1 Å². The van der Waals surface area contributed by atoms with Gasteiger partial charge in [0.1, 0.15) is 6.61 Å². The molecule has 116 valence electrons. The van der Waals surface area contributed by atoms with E-state index in [0.29, 0.717) is 11.3 Å². The van der Waals surface area contributed by atoms with Crippen LogP contribution in [0.3, 0.4) is 0 Å². The predicted octanol–water partition coefficient (Wildman–Crippen LogP) is 0.0340. The van der Waals surface area contributed by atoms with Gasteiger partial charge in [0.25, 0.3) is 10.0 Å². The summed E-state index contributed by atoms with van der Waals surface area (Å²) < 4.78 is 65.5. The molecule has 0 bridgehead atoms. The van der Waals surface area contributed by atoms with E-state index in [1.54, 1.807) is 6.92 Å². The predicted molar refractivity (Wildman–Crippen MR) is 63.3 cm³/mol. The molecule has 0 fully saturated rings. The molecule has 1 aromatic rings. The molecule has 1 rings (SSSR count). The minimum atomic E-state index is -4.44. The number of sulfonamides is 1. The summed E-state index contributed by atoms with van der Waals surface area (Å²) in [5, 5.41) is 5.85. The summed E-state index contributed by atoms with van der Waals surface area (Å²) in [6, 6.07) is 0. The first-order valence-electron chi connectivity index (χ1n) is 5.55. The number of hydrogen-bond donors (Lipinski definition) is 3. The van der Waals surface area contributed by atoms with Crippen LogP contribution < -0.4 is 10.5 Å². The van der Waals surface area contributed by atoms with Crippen LogP contribution in [0.15, 0.2) is 5.03 Å². The molecule has 0 radical (unpaired) electrons. The van der Waals surface area contributed by atoms with E-state index in [1.807, 2.05) is 0 Å². The van der Waals surface area contributed by atoms with Gasteiger partial charge in [-0.05, 0) is 6.92 Å². The maximum atomic E-state index is 11.9. The SMILES string of the molecule is Cc1[nH]nc(S(=O)(=O)NCCOCC(F)(F)F)c1CN. The minimum absolute atomic E-state index is 0.0247. The van der Waals surface area contributed by atoms with Crippen LogP contribution in [-0.4, -0.2) is 44.5 Å². The van der Waals surface area contributed by atoms with Crippen molar-refractivity contribution in [3.8, 4) is 0 Å². The molecule has 0 aliphatic rings. The van der Waals surface area contributed by atoms with Crippen LogP contribution in [0.1, 0.15) is 11.3 Å². The van der Waals surface area contributed by atoms with Gasteiger partial charge in [-0.15, -0.1) is 0 Å². The van der Waals surface area contributed by atoms with E-state index in [2.05, 4.69) is 19.7 Å². The van der Waals surface area contributed by atoms with Crippen molar-refractivity contribution in [2.24, 2.45) is 5.73 Å². The van der Waals surface area contributed by atoms with Gasteiger partial charge in [0.15, 0.2) is 5.03 Å². The Kier molecular flexibility index (Phi) is 5.50. The molecule has 0 amide bonds. The van der Waals surface area contributed by atoms with Gasteiger partial charge in [0.2, 0.25) is 0 Å². The number of H-pyrrole nitrogens is 1. The Balaban J connectivity index is 2.54. The van der Waals surface area contributed by atoms with Crippen molar-refractivity contribution in [2.75, 3.05) is 19.8 Å². The molecular formula is C9H15F3N4O3S. The van der Waals surface area contributed by atoms with E-state index in [9.17, 15) is 21.6 Å². The van der Waals surface area contributed by atoms with Gasteiger partial charge >= 0.3 is 6.18 Å². The molecule has 0 atom stereocenters. The Morgan fingerprint density at radius 3 is 2.65 bits per heavy atom. The van der Waals surface area contributed by atoms with Gasteiger partial charge in [0, 0.05) is 24.3 Å². The number of rotatable bonds is 7. The molecule has 0 aliphatic carbocycles. The van der Waals surface area contributed by atoms with Crippen molar-refractivity contribution in [1.29, 1.82) is 0 Å². The molecule has 1 aromatic heterocycles. The number of halogens is 3. The topological polar surface area (TPSA) is 110 Å². The number of hydrogen-bond acceptors (Lipinski definition) is 5. The van der Waals surface area contributed by atoms with E-state index in [0.717, 1.165) is 0 Å². The highest BCUT2D eigenvalue weighted by Crippen LogP contribution is 2.15. The van der Waals surface area contributed by atoms with Gasteiger partial charge in [-0.1, -0.05) is 0 Å². The van der Waals surface area contributed by atoms with Crippen molar-refractivity contribution in [2.45, 2.75) is 24.7 Å². The quantitative estimate of drug-likeness (QED) is 0.615. The average molecular weight is 316 g/mol. The summed E-state index contributed by atoms with van der Waals surface area (Å²) >= 11 is 0. The first-order valence-corrected chi connectivity index (χ1v) is 7.04. The maximum absolute atomic E-state index is 11.9. The number of nitrogens with one attached hydrogen (secondary N) is 2. The summed E-state index contributed by atoms with van der Waals surface area (Å²) in [7, 11) is -3.93. The Morgan fingerprint density at radius 2 is 2.10 bits per heavy atom. The monoisotopic (exact) mass is 316 g/mol. The standard InChI is InChI=1S/C9H15F3N4O3S/c1-6-7(4-13)8(16-15-6)20(17,18)14-2-3-19-5-9(10,11)12/h14H,2-5,13H2,1H3,(H,15,16). The van der Waals surface area contributed by atoms with E-state index in [1.165, 1.54) is 0 Å². The van der Waals surface area contributed by atoms with E-state index in [-0.39, 0.29) is 18.1 Å². The lowest BCUT2D eigenvalue weighted by Gasteiger charge is -2.08. The number of aromatic amines is 1. The summed E-state index contributed by atoms with van der Waals surface area (Å²) in [5.74, 6) is 0. The second kappa shape index (κ2) is 6.52. The molecule has 0 saturated carbocycles. The highest BCUT2D eigenvalue weighted by Gasteiger charge is 2.27. The van der Waals surface area contributed by atoms with E-state index in [4.69, 9.17) is 5.73 Å². The molecule has 0 spiro atoms. The number of alkyl halides is 3. The van der Waals surface area contributed by atoms with Crippen molar-refractivity contribution < 1.29 is 26.3 Å². The average Bonchev–Trinajstić information content (AvgIpc) is 2.69. The van der Waals surface area contributed by atoms with E-state index >= 15 is 0 Å². The van der Waals surface area contributed by atoms with Crippen LogP contribution in [0.2, 0.25) is 0 Å². The van der Waals surface area contributed by atoms with Crippen molar-refractivity contribution in [1.82, 2.24) is 14.9 Å². The summed E-state index contributed by atoms with van der Waals surface area (Å²) in [6.07, 6.45) is -4.44. The fourth-order valence-electron chi connectivity index (χ4n) is 1.40. The molecule has 4 N–H and O–H groups in total. The van der Waals surface area contributed by atoms with Gasteiger partial charge in [0.05, 0.1) is 6.61 Å². The highest BCUT2D eigenvalue weighted by molar-refractivity contribution is 7.89. The summed E-state index contributed by atoms with van der Waals surface area (Å²) in [6.45, 7) is -0.539. The lowest BCUT2D eigenvalue weighted by molar-refractivity contribution is -0.173. The molecule has 0 aromatic carbocycles. The van der Waals surface area contributed by atoms with Crippen LogP contribution in [0.5, 0.6) is 0 Å². The zero-order chi connectivity index (χ0) is 15.4. The van der Waals surface area contributed by atoms with Crippen molar-refractivity contribution >= 4 is 10.0 Å². The molecule has 7 nitrogen and oxygen atoms in total. The Bertz CT molecular complexity index is 541. The second-order valence-electron chi connectivity index (χ2n) is 3.90. The summed E-state index contributed by atoms with van der Waals surface area (Å²) in [5.41, 5.74) is 6.26. The van der Waals surface area contributed by atoms with Crippen LogP contribution in [0.4, 0.5) is 13.2 Å². The summed E-state index contributed by atoms with van der Waals surface area (Å²) in [4.78, 5) is 0. The first-order chi connectivity index (χ1) is 9.17. The smallest absolute Gasteiger partial charge is 0.371 e. The fourth-order valence-corrected chi connectivity index (χ4v) is 2.61. The molecule has 1 heterocycles. The molecule has 20 heavy (non-hydrogen) atoms. The maximum Gasteiger partial charge on any atom is 0.411 e. The third kappa shape index (κ3) is 4.74. The molecule has 0 saturated heterocycles. The third-order valence-corrected chi connectivity index (χ3v) is 3.73.